The first-order chi connectivity index (χ1) is 29.4. The van der Waals surface area contributed by atoms with Gasteiger partial charge in [-0.05, 0) is 116 Å². The zero-order chi connectivity index (χ0) is 46.9. The second-order valence-corrected chi connectivity index (χ2v) is 19.3. The largest absolute Gasteiger partial charge is 0.508 e. The Hall–Kier alpha value is -2.90. The van der Waals surface area contributed by atoms with Crippen molar-refractivity contribution in [1.82, 2.24) is 25.1 Å². The number of halogens is 6. The van der Waals surface area contributed by atoms with E-state index in [-0.39, 0.29) is 104 Å². The molecule has 4 aromatic rings. The number of nitrogens with two attached hydrogens (primary N) is 1. The van der Waals surface area contributed by atoms with E-state index in [0.29, 0.717) is 51.1 Å². The first kappa shape index (κ1) is 64.1. The number of aromatic hydroxyl groups is 2. The molecule has 0 spiro atoms. The summed E-state index contributed by atoms with van der Waals surface area (Å²) >= 11 is 2.38. The molecule has 2 aromatic carbocycles. The Morgan fingerprint density at radius 3 is 1.33 bits per heavy atom. The quantitative estimate of drug-likeness (QED) is 0.0646. The van der Waals surface area contributed by atoms with Crippen molar-refractivity contribution in [2.45, 2.75) is 101 Å². The summed E-state index contributed by atoms with van der Waals surface area (Å²) in [5, 5.41) is 31.6. The van der Waals surface area contributed by atoms with Crippen LogP contribution in [0.2, 0.25) is 0 Å². The number of carboxylic acid groups (broad SMARTS) is 1. The molecule has 6 N–H and O–H groups in total. The number of thiazole rings is 2. The number of carboxylic acids is 1. The number of hydrogen-bond donors (Lipinski definition) is 5. The fraction of sp³-hybridized carbons (Fsp3) is 0.545. The number of hydrogen-bond acceptors (Lipinski definition) is 11. The van der Waals surface area contributed by atoms with Crippen LogP contribution in [-0.2, 0) is 22.4 Å². The standard InChI is InChI=1S/C22H28F3N3O2S.C11H12F3NO2S.C11H18N2O.4H2S/c1-14-26-13-19(31-14)18(21(8-9-21)22(23,24)25)11-20(30)27-12-16(28(2)3)10-15-4-6-17(29)7-5-15;1-6-15-5-8(18-6)7(4-9(16)17)10(2-3-10)11(12,13)14;1-13(2)10(8-12)7-9-3-5-11(14)6-4-9;;;;/h4-7,13,16,18,29H,8-12H2,1-3H3,(H,27,30);5,7H,2-4H2,1H3,(H,16,17);3-6,10,14H,7-8,12H2,1-2H3;4*1H2/t16-,18?;7-;10-;;;;/m010..../s1. The van der Waals surface area contributed by atoms with E-state index in [1.165, 1.54) is 29.3 Å². The molecule has 23 heteroatoms. The number of phenolic OH excluding ortho intramolecular Hbond substituents is 2. The average Bonchev–Trinajstić information content (AvgIpc) is 4.11. The van der Waals surface area contributed by atoms with Crippen LogP contribution in [0.15, 0.2) is 60.9 Å². The van der Waals surface area contributed by atoms with E-state index >= 15 is 0 Å². The number of amides is 1. The van der Waals surface area contributed by atoms with Gasteiger partial charge >= 0.3 is 18.3 Å². The van der Waals surface area contributed by atoms with E-state index < -0.39 is 47.4 Å². The van der Waals surface area contributed by atoms with Gasteiger partial charge in [0.25, 0.3) is 0 Å². The predicted molar refractivity (Wildman–Crippen MR) is 274 cm³/mol. The zero-order valence-electron chi connectivity index (χ0n) is 38.3. The number of aryl methyl sites for hydroxylation is 2. The van der Waals surface area contributed by atoms with Crippen LogP contribution >= 0.6 is 76.7 Å². The number of benzene rings is 2. The van der Waals surface area contributed by atoms with Gasteiger partial charge in [-0.15, -0.1) is 22.7 Å². The number of alkyl halides is 6. The molecule has 2 aliphatic rings. The lowest BCUT2D eigenvalue weighted by Crippen LogP contribution is -2.42. The third-order valence-corrected chi connectivity index (χ3v) is 13.9. The minimum atomic E-state index is -4.36. The first-order valence-electron chi connectivity index (χ1n) is 20.5. The molecule has 1 amide bonds. The molecule has 2 saturated carbocycles. The Bertz CT molecular complexity index is 2080. The molecule has 0 aliphatic heterocycles. The van der Waals surface area contributed by atoms with Crippen molar-refractivity contribution in [2.75, 3.05) is 41.3 Å². The van der Waals surface area contributed by atoms with E-state index in [2.05, 4.69) is 20.2 Å². The van der Waals surface area contributed by atoms with Gasteiger partial charge in [0.1, 0.15) is 11.5 Å². The Balaban J connectivity index is 0.00000104. The van der Waals surface area contributed by atoms with Gasteiger partial charge in [0, 0.05) is 65.6 Å². The molecule has 6 rings (SSSR count). The second-order valence-electron chi connectivity index (χ2n) is 16.8. The van der Waals surface area contributed by atoms with Crippen molar-refractivity contribution in [2.24, 2.45) is 16.6 Å². The van der Waals surface area contributed by atoms with Crippen molar-refractivity contribution < 1.29 is 51.3 Å². The van der Waals surface area contributed by atoms with Gasteiger partial charge in [-0.25, -0.2) is 9.97 Å². The molecular formula is C44H66F6N6O5S6. The summed E-state index contributed by atoms with van der Waals surface area (Å²) in [5.41, 5.74) is 4.18. The number of phenols is 2. The van der Waals surface area contributed by atoms with E-state index in [0.717, 1.165) is 23.3 Å². The van der Waals surface area contributed by atoms with Crippen LogP contribution in [0.5, 0.6) is 11.5 Å². The Labute approximate surface area is 425 Å². The smallest absolute Gasteiger partial charge is 0.395 e. The van der Waals surface area contributed by atoms with Crippen LogP contribution in [0, 0.1) is 24.7 Å². The molecule has 0 bridgehead atoms. The van der Waals surface area contributed by atoms with Crippen molar-refractivity contribution in [1.29, 1.82) is 0 Å². The molecule has 11 nitrogen and oxygen atoms in total. The van der Waals surface area contributed by atoms with E-state index in [9.17, 15) is 41.0 Å². The Kier molecular flexibility index (Phi) is 26.3. The SMILES string of the molecule is CN(C)[C@H](CN)Cc1ccc(O)cc1.Cc1ncc(C(CC(=O)NC[C@H](Cc2ccc(O)cc2)N(C)C)C2(C(F)(F)F)CC2)s1.Cc1ncc([C@@H](CC(=O)O)C2(C(F)(F)F)CC2)s1.S.S.S.S. The first-order valence-corrected chi connectivity index (χ1v) is 22.1. The van der Waals surface area contributed by atoms with Crippen LogP contribution in [0.4, 0.5) is 26.3 Å². The molecule has 1 unspecified atom stereocenters. The average molecular weight is 1070 g/mol. The van der Waals surface area contributed by atoms with Crippen LogP contribution in [-0.4, -0.2) is 113 Å². The van der Waals surface area contributed by atoms with Crippen molar-refractivity contribution in [3.63, 3.8) is 0 Å². The molecule has 2 fully saturated rings. The van der Waals surface area contributed by atoms with Gasteiger partial charge in [-0.2, -0.15) is 80.3 Å². The molecule has 4 atom stereocenters. The summed E-state index contributed by atoms with van der Waals surface area (Å²) in [5.74, 6) is -3.02. The van der Waals surface area contributed by atoms with Crippen molar-refractivity contribution in [3.05, 3.63) is 91.8 Å². The normalized spacial score (nSPS) is 16.0. The zero-order valence-corrected chi connectivity index (χ0v) is 43.9. The predicted octanol–water partition coefficient (Wildman–Crippen LogP) is 8.89. The fourth-order valence-electron chi connectivity index (χ4n) is 7.53. The maximum Gasteiger partial charge on any atom is 0.395 e. The van der Waals surface area contributed by atoms with Crippen molar-refractivity contribution in [3.8, 4) is 11.5 Å². The second kappa shape index (κ2) is 27.5. The monoisotopic (exact) mass is 1060 g/mol. The number of nitrogens with one attached hydrogen (secondary N) is 1. The molecule has 2 aliphatic carbocycles. The minimum Gasteiger partial charge on any atom is -0.508 e. The van der Waals surface area contributed by atoms with Gasteiger partial charge < -0.3 is 36.2 Å². The molecule has 2 aromatic heterocycles. The summed E-state index contributed by atoms with van der Waals surface area (Å²) < 4.78 is 80.7. The van der Waals surface area contributed by atoms with Crippen molar-refractivity contribution >= 4 is 88.5 Å². The Morgan fingerprint density at radius 1 is 0.687 bits per heavy atom. The number of carbonyl (C=O) groups excluding carboxylic acids is 1. The molecule has 380 valence electrons. The van der Waals surface area contributed by atoms with Gasteiger partial charge in [-0.3, -0.25) is 9.59 Å². The maximum atomic E-state index is 13.8. The lowest BCUT2D eigenvalue weighted by Gasteiger charge is -2.29. The summed E-state index contributed by atoms with van der Waals surface area (Å²) in [6, 6.07) is 14.4. The highest BCUT2D eigenvalue weighted by Crippen LogP contribution is 2.67. The third-order valence-electron chi connectivity index (χ3n) is 11.9. The summed E-state index contributed by atoms with van der Waals surface area (Å²) in [6.07, 6.45) is -4.89. The van der Waals surface area contributed by atoms with Crippen LogP contribution in [0.1, 0.15) is 81.3 Å². The van der Waals surface area contributed by atoms with Crippen LogP contribution in [0.25, 0.3) is 0 Å². The summed E-state index contributed by atoms with van der Waals surface area (Å²) in [6.45, 7) is 4.41. The topological polar surface area (TPSA) is 165 Å². The van der Waals surface area contributed by atoms with Crippen LogP contribution < -0.4 is 11.1 Å². The number of likely N-dealkylation sites (N-methyl/N-ethyl adjacent to an activating group) is 2. The van der Waals surface area contributed by atoms with E-state index in [4.69, 9.17) is 15.9 Å². The number of aromatic nitrogens is 2. The van der Waals surface area contributed by atoms with Gasteiger partial charge in [0.05, 0.1) is 27.3 Å². The van der Waals surface area contributed by atoms with Gasteiger partial charge in [-0.1, -0.05) is 24.3 Å². The third kappa shape index (κ3) is 18.1. The van der Waals surface area contributed by atoms with Gasteiger partial charge in [0.2, 0.25) is 5.91 Å². The molecule has 0 radical (unpaired) electrons. The molecule has 2 heterocycles. The molecule has 67 heavy (non-hydrogen) atoms. The lowest BCUT2D eigenvalue weighted by molar-refractivity contribution is -0.195. The van der Waals surface area contributed by atoms with Crippen LogP contribution in [0.3, 0.4) is 0 Å². The highest BCUT2D eigenvalue weighted by atomic mass is 32.1. The number of carbonyl (C=O) groups is 2. The highest BCUT2D eigenvalue weighted by Gasteiger charge is 2.68. The minimum absolute atomic E-state index is 0. The molecular weight excluding hydrogens is 999 g/mol. The Morgan fingerprint density at radius 2 is 1.04 bits per heavy atom. The lowest BCUT2D eigenvalue weighted by atomic mass is 9.84. The highest BCUT2D eigenvalue weighted by molar-refractivity contribution is 7.59. The summed E-state index contributed by atoms with van der Waals surface area (Å²) in [7, 11) is 7.84. The summed E-state index contributed by atoms with van der Waals surface area (Å²) in [4.78, 5) is 36.6. The number of rotatable bonds is 17. The van der Waals surface area contributed by atoms with E-state index in [1.54, 1.807) is 38.1 Å². The number of aliphatic carboxylic acids is 1. The van der Waals surface area contributed by atoms with Gasteiger partial charge in [0.15, 0.2) is 0 Å². The fourth-order valence-corrected chi connectivity index (χ4v) is 9.53. The number of nitrogens with zero attached hydrogens (tertiary/aromatic N) is 4. The molecule has 0 saturated heterocycles. The van der Waals surface area contributed by atoms with E-state index in [1.807, 2.05) is 57.4 Å². The maximum absolute atomic E-state index is 13.8.